The second-order valence-electron chi connectivity index (χ2n) is 5.25. The van der Waals surface area contributed by atoms with Crippen molar-refractivity contribution >= 4 is 15.7 Å². The molecule has 1 aliphatic rings. The molecule has 1 unspecified atom stereocenters. The third-order valence-electron chi connectivity index (χ3n) is 3.45. The van der Waals surface area contributed by atoms with Gasteiger partial charge in [0.05, 0.1) is 12.7 Å². The lowest BCUT2D eigenvalue weighted by Gasteiger charge is -2.30. The van der Waals surface area contributed by atoms with E-state index in [1.165, 1.54) is 0 Å². The molecule has 1 aliphatic heterocycles. The van der Waals surface area contributed by atoms with Gasteiger partial charge in [-0.3, -0.25) is 0 Å². The number of nitrogen functional groups attached to an aromatic ring is 1. The number of aryl methyl sites for hydroxylation is 1. The Morgan fingerprint density at radius 3 is 2.90 bits per heavy atom. The molecule has 3 N–H and O–H groups in total. The van der Waals surface area contributed by atoms with Crippen LogP contribution in [0, 0.1) is 12.7 Å². The van der Waals surface area contributed by atoms with Gasteiger partial charge in [-0.25, -0.2) is 17.5 Å². The highest BCUT2D eigenvalue weighted by atomic mass is 32.2. The summed E-state index contributed by atoms with van der Waals surface area (Å²) in [5.41, 5.74) is 6.40. The van der Waals surface area contributed by atoms with E-state index in [1.807, 2.05) is 11.9 Å². The molecule has 1 heterocycles. The molecule has 0 radical (unpaired) electrons. The molecule has 0 aliphatic carbocycles. The highest BCUT2D eigenvalue weighted by Gasteiger charge is 2.24. The summed E-state index contributed by atoms with van der Waals surface area (Å²) in [4.78, 5) is 1.61. The Hall–Kier alpha value is -1.22. The molecule has 21 heavy (non-hydrogen) atoms. The third-order valence-corrected chi connectivity index (χ3v) is 4.89. The van der Waals surface area contributed by atoms with Crippen molar-refractivity contribution in [1.29, 1.82) is 0 Å². The second kappa shape index (κ2) is 6.27. The van der Waals surface area contributed by atoms with Crippen LogP contribution in [-0.4, -0.2) is 52.7 Å². The van der Waals surface area contributed by atoms with Gasteiger partial charge in [0, 0.05) is 25.3 Å². The van der Waals surface area contributed by atoms with E-state index in [2.05, 4.69) is 4.72 Å². The fourth-order valence-electron chi connectivity index (χ4n) is 2.15. The minimum Gasteiger partial charge on any atom is -0.398 e. The predicted octanol–water partition coefficient (Wildman–Crippen LogP) is 0.325. The molecule has 1 aromatic carbocycles. The summed E-state index contributed by atoms with van der Waals surface area (Å²) in [7, 11) is -2.02. The van der Waals surface area contributed by atoms with Gasteiger partial charge < -0.3 is 15.4 Å². The molecule has 1 aromatic rings. The summed E-state index contributed by atoms with van der Waals surface area (Å²) in [5, 5.41) is 0. The van der Waals surface area contributed by atoms with Gasteiger partial charge in [-0.1, -0.05) is 0 Å². The maximum absolute atomic E-state index is 13.8. The van der Waals surface area contributed by atoms with Crippen LogP contribution in [0.3, 0.4) is 0 Å². The van der Waals surface area contributed by atoms with Gasteiger partial charge >= 0.3 is 0 Å². The standard InChI is InChI=1S/C13H20FN3O3S/c1-9-5-11(14)13(6-12(9)15)21(18,19)16-7-10-8-17(2)3-4-20-10/h5-6,10,16H,3-4,7-8,15H2,1-2H3. The molecule has 1 saturated heterocycles. The van der Waals surface area contributed by atoms with Crippen LogP contribution < -0.4 is 10.5 Å². The molecule has 6 nitrogen and oxygen atoms in total. The highest BCUT2D eigenvalue weighted by Crippen LogP contribution is 2.21. The number of likely N-dealkylation sites (N-methyl/N-ethyl adjacent to an activating group) is 1. The molecule has 2 rings (SSSR count). The van der Waals surface area contributed by atoms with Gasteiger partial charge in [-0.2, -0.15) is 0 Å². The summed E-state index contributed by atoms with van der Waals surface area (Å²) in [5.74, 6) is -0.809. The number of ether oxygens (including phenoxy) is 1. The molecule has 0 saturated carbocycles. The van der Waals surface area contributed by atoms with Crippen molar-refractivity contribution in [1.82, 2.24) is 9.62 Å². The zero-order chi connectivity index (χ0) is 15.6. The predicted molar refractivity (Wildman–Crippen MR) is 78.0 cm³/mol. The first kappa shape index (κ1) is 16.2. The van der Waals surface area contributed by atoms with Gasteiger partial charge in [0.15, 0.2) is 0 Å². The number of halogens is 1. The summed E-state index contributed by atoms with van der Waals surface area (Å²) in [6, 6.07) is 2.26. The van der Waals surface area contributed by atoms with Crippen LogP contribution in [0.5, 0.6) is 0 Å². The smallest absolute Gasteiger partial charge is 0.243 e. The quantitative estimate of drug-likeness (QED) is 0.782. The number of hydrogen-bond donors (Lipinski definition) is 2. The first-order valence-corrected chi connectivity index (χ1v) is 8.13. The van der Waals surface area contributed by atoms with E-state index < -0.39 is 20.7 Å². The van der Waals surface area contributed by atoms with Crippen molar-refractivity contribution in [3.63, 3.8) is 0 Å². The largest absolute Gasteiger partial charge is 0.398 e. The van der Waals surface area contributed by atoms with E-state index in [0.717, 1.165) is 18.7 Å². The number of morpholine rings is 1. The van der Waals surface area contributed by atoms with Crippen LogP contribution >= 0.6 is 0 Å². The molecule has 0 aromatic heterocycles. The Kier molecular flexibility index (Phi) is 4.82. The highest BCUT2D eigenvalue weighted by molar-refractivity contribution is 7.89. The van der Waals surface area contributed by atoms with Crippen LogP contribution in [-0.2, 0) is 14.8 Å². The lowest BCUT2D eigenvalue weighted by molar-refractivity contribution is -0.0156. The maximum atomic E-state index is 13.8. The molecule has 1 fully saturated rings. The summed E-state index contributed by atoms with van der Waals surface area (Å²) in [6.45, 7) is 3.70. The van der Waals surface area contributed by atoms with E-state index in [9.17, 15) is 12.8 Å². The lowest BCUT2D eigenvalue weighted by atomic mass is 10.2. The molecule has 118 valence electrons. The SMILES string of the molecule is Cc1cc(F)c(S(=O)(=O)NCC2CN(C)CCO2)cc1N. The average Bonchev–Trinajstić information content (AvgIpc) is 2.41. The Balaban J connectivity index is 2.10. The Bertz CT molecular complexity index is 621. The average molecular weight is 317 g/mol. The van der Waals surface area contributed by atoms with Gasteiger partial charge in [-0.15, -0.1) is 0 Å². The number of rotatable bonds is 4. The van der Waals surface area contributed by atoms with Crippen molar-refractivity contribution in [2.75, 3.05) is 39.0 Å². The summed E-state index contributed by atoms with van der Waals surface area (Å²) < 4.78 is 46.0. The minimum atomic E-state index is -3.95. The van der Waals surface area contributed by atoms with Crippen LogP contribution in [0.4, 0.5) is 10.1 Å². The van der Waals surface area contributed by atoms with Crippen molar-refractivity contribution < 1.29 is 17.5 Å². The van der Waals surface area contributed by atoms with E-state index in [4.69, 9.17) is 10.5 Å². The normalized spacial score (nSPS) is 20.6. The van der Waals surface area contributed by atoms with Crippen molar-refractivity contribution in [2.45, 2.75) is 17.9 Å². The van der Waals surface area contributed by atoms with Crippen molar-refractivity contribution in [3.8, 4) is 0 Å². The molecular weight excluding hydrogens is 297 g/mol. The summed E-state index contributed by atoms with van der Waals surface area (Å²) in [6.07, 6.45) is -0.246. The zero-order valence-electron chi connectivity index (χ0n) is 12.1. The van der Waals surface area contributed by atoms with Crippen molar-refractivity contribution in [3.05, 3.63) is 23.5 Å². The fourth-order valence-corrected chi connectivity index (χ4v) is 3.30. The molecule has 0 spiro atoms. The van der Waals surface area contributed by atoms with Crippen LogP contribution in [0.25, 0.3) is 0 Å². The van der Waals surface area contributed by atoms with E-state index in [-0.39, 0.29) is 18.3 Å². The number of nitrogens with two attached hydrogens (primary N) is 1. The van der Waals surface area contributed by atoms with E-state index >= 15 is 0 Å². The lowest BCUT2D eigenvalue weighted by Crippen LogP contribution is -2.45. The van der Waals surface area contributed by atoms with Crippen molar-refractivity contribution in [2.24, 2.45) is 0 Å². The fraction of sp³-hybridized carbons (Fsp3) is 0.538. The Morgan fingerprint density at radius 2 is 2.24 bits per heavy atom. The zero-order valence-corrected chi connectivity index (χ0v) is 12.9. The molecular formula is C13H20FN3O3S. The first-order valence-electron chi connectivity index (χ1n) is 6.65. The first-order chi connectivity index (χ1) is 9.79. The number of hydrogen-bond acceptors (Lipinski definition) is 5. The number of sulfonamides is 1. The van der Waals surface area contributed by atoms with E-state index in [1.54, 1.807) is 6.92 Å². The second-order valence-corrected chi connectivity index (χ2v) is 6.98. The third kappa shape index (κ3) is 3.91. The Labute approximate surface area is 124 Å². The molecule has 0 amide bonds. The topological polar surface area (TPSA) is 84.7 Å². The molecule has 1 atom stereocenters. The minimum absolute atomic E-state index is 0.0971. The number of nitrogens with one attached hydrogen (secondary N) is 1. The monoisotopic (exact) mass is 317 g/mol. The van der Waals surface area contributed by atoms with Gasteiger partial charge in [0.25, 0.3) is 0 Å². The number of anilines is 1. The summed E-state index contributed by atoms with van der Waals surface area (Å²) >= 11 is 0. The van der Waals surface area contributed by atoms with Crippen LogP contribution in [0.15, 0.2) is 17.0 Å². The molecule has 0 bridgehead atoms. The van der Waals surface area contributed by atoms with Crippen LogP contribution in [0.1, 0.15) is 5.56 Å². The van der Waals surface area contributed by atoms with Gasteiger partial charge in [0.1, 0.15) is 10.7 Å². The molecule has 8 heteroatoms. The number of benzene rings is 1. The van der Waals surface area contributed by atoms with Gasteiger partial charge in [0.2, 0.25) is 10.0 Å². The van der Waals surface area contributed by atoms with Gasteiger partial charge in [-0.05, 0) is 31.7 Å². The number of nitrogens with zero attached hydrogens (tertiary/aromatic N) is 1. The van der Waals surface area contributed by atoms with E-state index in [0.29, 0.717) is 18.7 Å². The van der Waals surface area contributed by atoms with Crippen LogP contribution in [0.2, 0.25) is 0 Å². The maximum Gasteiger partial charge on any atom is 0.243 e. The Morgan fingerprint density at radius 1 is 1.52 bits per heavy atom.